The molecule has 0 aliphatic heterocycles. The number of aromatic nitrogens is 1. The molecule has 3 rings (SSSR count). The third-order valence-corrected chi connectivity index (χ3v) is 4.45. The summed E-state index contributed by atoms with van der Waals surface area (Å²) < 4.78 is 5.86. The van der Waals surface area contributed by atoms with Crippen molar-refractivity contribution in [2.75, 3.05) is 0 Å². The third kappa shape index (κ3) is 2.64. The van der Waals surface area contributed by atoms with Gasteiger partial charge in [-0.05, 0) is 36.6 Å². The van der Waals surface area contributed by atoms with Crippen LogP contribution in [0.2, 0.25) is 0 Å². The summed E-state index contributed by atoms with van der Waals surface area (Å²) in [5.41, 5.74) is 2.16. The second kappa shape index (κ2) is 5.46. The Morgan fingerprint density at radius 2 is 2.19 bits per heavy atom. The van der Waals surface area contributed by atoms with E-state index in [1.807, 2.05) is 42.6 Å². The molecular weight excluding hydrogens is 354 g/mol. The van der Waals surface area contributed by atoms with Gasteiger partial charge in [-0.25, -0.2) is 9.78 Å². The highest BCUT2D eigenvalue weighted by molar-refractivity contribution is 9.10. The van der Waals surface area contributed by atoms with E-state index in [1.54, 1.807) is 11.3 Å². The van der Waals surface area contributed by atoms with Crippen LogP contribution in [0.5, 0.6) is 5.75 Å². The van der Waals surface area contributed by atoms with Gasteiger partial charge in [0.2, 0.25) is 0 Å². The van der Waals surface area contributed by atoms with E-state index in [2.05, 4.69) is 20.9 Å². The van der Waals surface area contributed by atoms with Gasteiger partial charge in [-0.3, -0.25) is 0 Å². The van der Waals surface area contributed by atoms with Crippen LogP contribution < -0.4 is 4.74 Å². The van der Waals surface area contributed by atoms with Gasteiger partial charge in [0, 0.05) is 15.4 Å². The molecule has 0 fully saturated rings. The molecule has 0 atom stereocenters. The number of pyridine rings is 1. The fourth-order valence-corrected chi connectivity index (χ4v) is 3.31. The van der Waals surface area contributed by atoms with Crippen LogP contribution in [-0.4, -0.2) is 16.2 Å². The number of carboxylic acid groups (broad SMARTS) is 1. The Kier molecular flexibility index (Phi) is 3.65. The lowest BCUT2D eigenvalue weighted by molar-refractivity contribution is 0.145. The number of benzene rings is 1. The molecule has 0 aliphatic rings. The number of thiophene rings is 1. The zero-order valence-corrected chi connectivity index (χ0v) is 13.4. The highest BCUT2D eigenvalue weighted by atomic mass is 79.9. The van der Waals surface area contributed by atoms with Crippen LogP contribution in [-0.2, 0) is 0 Å². The first-order valence-electron chi connectivity index (χ1n) is 6.11. The van der Waals surface area contributed by atoms with Crippen LogP contribution in [0.1, 0.15) is 5.56 Å². The van der Waals surface area contributed by atoms with Crippen molar-refractivity contribution < 1.29 is 14.6 Å². The molecule has 0 unspecified atom stereocenters. The lowest BCUT2D eigenvalue weighted by Gasteiger charge is -2.12. The molecule has 1 N–H and O–H groups in total. The van der Waals surface area contributed by atoms with E-state index in [1.165, 1.54) is 0 Å². The van der Waals surface area contributed by atoms with Gasteiger partial charge in [0.15, 0.2) is 0 Å². The molecule has 0 saturated carbocycles. The monoisotopic (exact) mass is 363 g/mol. The van der Waals surface area contributed by atoms with Crippen molar-refractivity contribution in [3.05, 3.63) is 45.7 Å². The maximum atomic E-state index is 11.0. The van der Waals surface area contributed by atoms with Crippen molar-refractivity contribution in [1.82, 2.24) is 4.98 Å². The van der Waals surface area contributed by atoms with E-state index in [9.17, 15) is 4.79 Å². The van der Waals surface area contributed by atoms with Gasteiger partial charge in [0.25, 0.3) is 0 Å². The highest BCUT2D eigenvalue weighted by Gasteiger charge is 2.17. The number of hydrogen-bond acceptors (Lipinski definition) is 4. The second-order valence-corrected chi connectivity index (χ2v) is 6.28. The first-order valence-corrected chi connectivity index (χ1v) is 7.78. The smallest absolute Gasteiger partial charge is 0.449 e. The quantitative estimate of drug-likeness (QED) is 0.644. The number of halogens is 1. The first-order chi connectivity index (χ1) is 10.1. The van der Waals surface area contributed by atoms with Crippen molar-refractivity contribution in [2.24, 2.45) is 0 Å². The Morgan fingerprint density at radius 1 is 1.38 bits per heavy atom. The van der Waals surface area contributed by atoms with Gasteiger partial charge in [-0.15, -0.1) is 11.3 Å². The zero-order valence-electron chi connectivity index (χ0n) is 11.0. The van der Waals surface area contributed by atoms with Crippen LogP contribution in [0.25, 0.3) is 21.5 Å². The molecule has 106 valence electrons. The summed E-state index contributed by atoms with van der Waals surface area (Å²) >= 11 is 4.94. The fraction of sp³-hybridized carbons (Fsp3) is 0.0667. The van der Waals surface area contributed by atoms with Crippen LogP contribution in [0.3, 0.4) is 0 Å². The van der Waals surface area contributed by atoms with E-state index in [-0.39, 0.29) is 0 Å². The summed E-state index contributed by atoms with van der Waals surface area (Å²) in [6.45, 7) is 1.82. The molecule has 21 heavy (non-hydrogen) atoms. The molecule has 0 amide bonds. The standard InChI is InChI=1S/C15H10BrNO3S/c1-8-13(12-3-2-6-21-12)17-11-5-4-9(16)7-10(11)14(8)20-15(18)19/h2-7H,1H3,(H,18,19). The van der Waals surface area contributed by atoms with E-state index < -0.39 is 6.16 Å². The molecule has 3 aromatic rings. The van der Waals surface area contributed by atoms with Crippen LogP contribution in [0, 0.1) is 6.92 Å². The summed E-state index contributed by atoms with van der Waals surface area (Å²) in [4.78, 5) is 16.6. The number of rotatable bonds is 2. The molecule has 0 bridgehead atoms. The predicted octanol–water partition coefficient (Wildman–Crippen LogP) is 5.09. The van der Waals surface area contributed by atoms with E-state index >= 15 is 0 Å². The SMILES string of the molecule is Cc1c(-c2cccs2)nc2ccc(Br)cc2c1OC(=O)O. The molecule has 1 aromatic carbocycles. The minimum absolute atomic E-state index is 0.331. The summed E-state index contributed by atoms with van der Waals surface area (Å²) in [5.74, 6) is 0.331. The summed E-state index contributed by atoms with van der Waals surface area (Å²) in [6.07, 6.45) is -1.33. The largest absolute Gasteiger partial charge is 0.511 e. The maximum absolute atomic E-state index is 11.0. The summed E-state index contributed by atoms with van der Waals surface area (Å²) in [7, 11) is 0. The molecule has 6 heteroatoms. The Hall–Kier alpha value is -1.92. The molecule has 0 saturated heterocycles. The number of carbonyl (C=O) groups is 1. The number of hydrogen-bond donors (Lipinski definition) is 1. The molecule has 2 heterocycles. The number of fused-ring (bicyclic) bond motifs is 1. The van der Waals surface area contributed by atoms with E-state index in [0.717, 1.165) is 15.0 Å². The number of nitrogens with zero attached hydrogens (tertiary/aromatic N) is 1. The topological polar surface area (TPSA) is 59.4 Å². The first kappa shape index (κ1) is 14.0. The average molecular weight is 364 g/mol. The lowest BCUT2D eigenvalue weighted by atomic mass is 10.1. The molecule has 4 nitrogen and oxygen atoms in total. The van der Waals surface area contributed by atoms with Crippen molar-refractivity contribution >= 4 is 44.3 Å². The highest BCUT2D eigenvalue weighted by Crippen LogP contribution is 2.37. The normalized spacial score (nSPS) is 10.8. The van der Waals surface area contributed by atoms with Gasteiger partial charge in [-0.1, -0.05) is 22.0 Å². The molecule has 2 aromatic heterocycles. The van der Waals surface area contributed by atoms with Gasteiger partial charge < -0.3 is 9.84 Å². The Balaban J connectivity index is 2.34. The van der Waals surface area contributed by atoms with E-state index in [4.69, 9.17) is 9.84 Å². The Labute approximate surface area is 133 Å². The number of ether oxygens (including phenoxy) is 1. The fourth-order valence-electron chi connectivity index (χ4n) is 2.17. The Morgan fingerprint density at radius 3 is 2.86 bits per heavy atom. The van der Waals surface area contributed by atoms with Gasteiger partial charge >= 0.3 is 6.16 Å². The molecule has 0 spiro atoms. The minimum atomic E-state index is -1.33. The summed E-state index contributed by atoms with van der Waals surface area (Å²) in [5, 5.41) is 11.6. The molecule has 0 radical (unpaired) electrons. The van der Waals surface area contributed by atoms with Crippen molar-refractivity contribution in [2.45, 2.75) is 6.92 Å². The van der Waals surface area contributed by atoms with Crippen molar-refractivity contribution in [3.8, 4) is 16.3 Å². The van der Waals surface area contributed by atoms with Gasteiger partial charge in [0.05, 0.1) is 16.1 Å². The van der Waals surface area contributed by atoms with Crippen molar-refractivity contribution in [1.29, 1.82) is 0 Å². The average Bonchev–Trinajstić information content (AvgIpc) is 2.95. The summed E-state index contributed by atoms with van der Waals surface area (Å²) in [6, 6.07) is 9.41. The maximum Gasteiger partial charge on any atom is 0.511 e. The van der Waals surface area contributed by atoms with Gasteiger partial charge in [0.1, 0.15) is 5.75 Å². The molecular formula is C15H10BrNO3S. The van der Waals surface area contributed by atoms with E-state index in [0.29, 0.717) is 22.2 Å². The predicted molar refractivity (Wildman–Crippen MR) is 86.1 cm³/mol. The minimum Gasteiger partial charge on any atom is -0.449 e. The zero-order chi connectivity index (χ0) is 15.0. The lowest BCUT2D eigenvalue weighted by Crippen LogP contribution is -2.06. The second-order valence-electron chi connectivity index (χ2n) is 4.42. The van der Waals surface area contributed by atoms with Crippen molar-refractivity contribution in [3.63, 3.8) is 0 Å². The van der Waals surface area contributed by atoms with Gasteiger partial charge in [-0.2, -0.15) is 0 Å². The Bertz CT molecular complexity index is 831. The third-order valence-electron chi connectivity index (χ3n) is 3.08. The van der Waals surface area contributed by atoms with Crippen LogP contribution in [0.15, 0.2) is 40.2 Å². The van der Waals surface area contributed by atoms with Crippen LogP contribution in [0.4, 0.5) is 4.79 Å². The molecule has 0 aliphatic carbocycles. The van der Waals surface area contributed by atoms with Crippen LogP contribution >= 0.6 is 27.3 Å².